The fourth-order valence-corrected chi connectivity index (χ4v) is 3.21. The Morgan fingerprint density at radius 1 is 1.36 bits per heavy atom. The standard InChI is InChI=1S/C16H20ClN3O2/c17-13-4-5-15-18-14(7-16(22)20(15)9-13)10-19-6-2-1-3-12(8-19)11-21/h4-5,7,9,12,21H,1-3,6,8,10-11H2. The minimum atomic E-state index is -0.115. The topological polar surface area (TPSA) is 57.8 Å². The van der Waals surface area contributed by atoms with Crippen molar-refractivity contribution >= 4 is 17.2 Å². The summed E-state index contributed by atoms with van der Waals surface area (Å²) >= 11 is 5.92. The van der Waals surface area contributed by atoms with Gasteiger partial charge in [-0.3, -0.25) is 14.1 Å². The highest BCUT2D eigenvalue weighted by molar-refractivity contribution is 6.30. The lowest BCUT2D eigenvalue weighted by Gasteiger charge is -2.22. The molecule has 1 aliphatic rings. The second-order valence-electron chi connectivity index (χ2n) is 5.94. The van der Waals surface area contributed by atoms with E-state index in [2.05, 4.69) is 9.88 Å². The molecule has 118 valence electrons. The van der Waals surface area contributed by atoms with Crippen LogP contribution in [0.3, 0.4) is 0 Å². The van der Waals surface area contributed by atoms with Crippen LogP contribution in [0, 0.1) is 5.92 Å². The van der Waals surface area contributed by atoms with Crippen LogP contribution in [0.25, 0.3) is 5.65 Å². The highest BCUT2D eigenvalue weighted by atomic mass is 35.5. The fraction of sp³-hybridized carbons (Fsp3) is 0.500. The predicted octanol–water partition coefficient (Wildman–Crippen LogP) is 1.94. The summed E-state index contributed by atoms with van der Waals surface area (Å²) in [5.41, 5.74) is 1.27. The molecule has 0 aliphatic carbocycles. The van der Waals surface area contributed by atoms with Crippen LogP contribution in [0.4, 0.5) is 0 Å². The van der Waals surface area contributed by atoms with Crippen molar-refractivity contribution in [1.29, 1.82) is 0 Å². The summed E-state index contributed by atoms with van der Waals surface area (Å²) in [6.07, 6.45) is 4.93. The number of fused-ring (bicyclic) bond motifs is 1. The zero-order valence-corrected chi connectivity index (χ0v) is 13.2. The second kappa shape index (κ2) is 6.77. The Labute approximate surface area is 134 Å². The number of aliphatic hydroxyl groups excluding tert-OH is 1. The van der Waals surface area contributed by atoms with Crippen LogP contribution in [0.15, 0.2) is 29.2 Å². The molecule has 2 aromatic rings. The molecular weight excluding hydrogens is 302 g/mol. The lowest BCUT2D eigenvalue weighted by molar-refractivity contribution is 0.168. The lowest BCUT2D eigenvalue weighted by Crippen LogP contribution is -2.30. The van der Waals surface area contributed by atoms with E-state index in [-0.39, 0.29) is 12.2 Å². The van der Waals surface area contributed by atoms with Gasteiger partial charge in [0.05, 0.1) is 10.7 Å². The van der Waals surface area contributed by atoms with Gasteiger partial charge in [-0.05, 0) is 37.4 Å². The van der Waals surface area contributed by atoms with Crippen LogP contribution in [-0.2, 0) is 6.54 Å². The van der Waals surface area contributed by atoms with Gasteiger partial charge in [-0.1, -0.05) is 18.0 Å². The van der Waals surface area contributed by atoms with Gasteiger partial charge in [0.25, 0.3) is 5.56 Å². The van der Waals surface area contributed by atoms with Crippen LogP contribution in [-0.4, -0.2) is 39.1 Å². The molecule has 0 amide bonds. The molecule has 0 bridgehead atoms. The van der Waals surface area contributed by atoms with Crippen LogP contribution in [0.1, 0.15) is 25.0 Å². The van der Waals surface area contributed by atoms with Crippen molar-refractivity contribution < 1.29 is 5.11 Å². The molecule has 0 spiro atoms. The van der Waals surface area contributed by atoms with E-state index in [1.165, 1.54) is 4.40 Å². The number of aromatic nitrogens is 2. The molecule has 1 unspecified atom stereocenters. The average Bonchev–Trinajstić information content (AvgIpc) is 2.73. The summed E-state index contributed by atoms with van der Waals surface area (Å²) in [5, 5.41) is 9.92. The molecule has 0 radical (unpaired) electrons. The van der Waals surface area contributed by atoms with Crippen LogP contribution in [0.2, 0.25) is 5.02 Å². The van der Waals surface area contributed by atoms with E-state index in [1.807, 2.05) is 0 Å². The molecule has 1 atom stereocenters. The Morgan fingerprint density at radius 3 is 3.05 bits per heavy atom. The van der Waals surface area contributed by atoms with Gasteiger partial charge >= 0.3 is 0 Å². The first-order valence-electron chi connectivity index (χ1n) is 7.67. The van der Waals surface area contributed by atoms with Crippen molar-refractivity contribution in [3.05, 3.63) is 45.5 Å². The number of halogens is 1. The molecule has 1 fully saturated rings. The van der Waals surface area contributed by atoms with Crippen LogP contribution >= 0.6 is 11.6 Å². The van der Waals surface area contributed by atoms with Gasteiger partial charge in [-0.2, -0.15) is 0 Å². The Morgan fingerprint density at radius 2 is 2.23 bits per heavy atom. The normalized spacial score (nSPS) is 20.2. The first-order valence-corrected chi connectivity index (χ1v) is 8.04. The van der Waals surface area contributed by atoms with Crippen LogP contribution in [0.5, 0.6) is 0 Å². The summed E-state index contributed by atoms with van der Waals surface area (Å²) in [4.78, 5) is 19.0. The third-order valence-corrected chi connectivity index (χ3v) is 4.40. The Balaban J connectivity index is 1.84. The number of aliphatic hydroxyl groups is 1. The third-order valence-electron chi connectivity index (χ3n) is 4.17. The Hall–Kier alpha value is -1.43. The molecule has 6 heteroatoms. The zero-order valence-electron chi connectivity index (χ0n) is 12.4. The fourth-order valence-electron chi connectivity index (χ4n) is 3.04. The summed E-state index contributed by atoms with van der Waals surface area (Å²) in [7, 11) is 0. The van der Waals surface area contributed by atoms with Crippen LogP contribution < -0.4 is 5.56 Å². The SMILES string of the molecule is O=c1cc(CN2CCCCC(CO)C2)nc2ccc(Cl)cn12. The van der Waals surface area contributed by atoms with E-state index in [9.17, 15) is 9.90 Å². The highest BCUT2D eigenvalue weighted by Gasteiger charge is 2.18. The second-order valence-corrected chi connectivity index (χ2v) is 6.38. The van der Waals surface area contributed by atoms with E-state index in [1.54, 1.807) is 24.4 Å². The maximum Gasteiger partial charge on any atom is 0.258 e. The molecule has 5 nitrogen and oxygen atoms in total. The van der Waals surface area contributed by atoms with Gasteiger partial charge in [-0.15, -0.1) is 0 Å². The van der Waals surface area contributed by atoms with Crippen molar-refractivity contribution in [3.8, 4) is 0 Å². The summed E-state index contributed by atoms with van der Waals surface area (Å²) < 4.78 is 1.46. The van der Waals surface area contributed by atoms with E-state index in [4.69, 9.17) is 11.6 Å². The lowest BCUT2D eigenvalue weighted by atomic mass is 10.1. The highest BCUT2D eigenvalue weighted by Crippen LogP contribution is 2.17. The first-order chi connectivity index (χ1) is 10.7. The molecule has 1 aliphatic heterocycles. The minimum Gasteiger partial charge on any atom is -0.396 e. The molecule has 3 heterocycles. The maximum absolute atomic E-state index is 12.2. The number of pyridine rings is 1. The molecule has 0 aromatic carbocycles. The van der Waals surface area contributed by atoms with E-state index in [0.29, 0.717) is 23.1 Å². The van der Waals surface area contributed by atoms with Gasteiger partial charge in [0, 0.05) is 32.0 Å². The number of likely N-dealkylation sites (tertiary alicyclic amines) is 1. The van der Waals surface area contributed by atoms with E-state index >= 15 is 0 Å². The molecule has 1 saturated heterocycles. The molecule has 3 rings (SSSR count). The molecule has 22 heavy (non-hydrogen) atoms. The Bertz CT molecular complexity index is 716. The number of rotatable bonds is 3. The zero-order chi connectivity index (χ0) is 15.5. The van der Waals surface area contributed by atoms with Gasteiger partial charge < -0.3 is 5.11 Å². The van der Waals surface area contributed by atoms with Gasteiger partial charge in [0.1, 0.15) is 5.65 Å². The smallest absolute Gasteiger partial charge is 0.258 e. The largest absolute Gasteiger partial charge is 0.396 e. The van der Waals surface area contributed by atoms with Crippen molar-refractivity contribution in [1.82, 2.24) is 14.3 Å². The summed E-state index contributed by atoms with van der Waals surface area (Å²) in [6, 6.07) is 5.06. The summed E-state index contributed by atoms with van der Waals surface area (Å²) in [5.74, 6) is 0.322. The van der Waals surface area contributed by atoms with Crippen molar-refractivity contribution in [2.75, 3.05) is 19.7 Å². The van der Waals surface area contributed by atoms with E-state index in [0.717, 1.165) is 38.0 Å². The quantitative estimate of drug-likeness (QED) is 0.938. The first kappa shape index (κ1) is 15.5. The predicted molar refractivity (Wildman–Crippen MR) is 86.2 cm³/mol. The number of hydrogen-bond donors (Lipinski definition) is 1. The monoisotopic (exact) mass is 321 g/mol. The summed E-state index contributed by atoms with van der Waals surface area (Å²) in [6.45, 7) is 2.71. The van der Waals surface area contributed by atoms with Crippen molar-refractivity contribution in [2.45, 2.75) is 25.8 Å². The van der Waals surface area contributed by atoms with Gasteiger partial charge in [-0.25, -0.2) is 4.98 Å². The number of hydrogen-bond acceptors (Lipinski definition) is 4. The van der Waals surface area contributed by atoms with Gasteiger partial charge in [0.2, 0.25) is 0 Å². The Kier molecular flexibility index (Phi) is 4.76. The average molecular weight is 322 g/mol. The van der Waals surface area contributed by atoms with Gasteiger partial charge in [0.15, 0.2) is 0 Å². The third kappa shape index (κ3) is 3.48. The molecular formula is C16H20ClN3O2. The molecule has 0 saturated carbocycles. The number of nitrogens with zero attached hydrogens (tertiary/aromatic N) is 3. The molecule has 2 aromatic heterocycles. The van der Waals surface area contributed by atoms with Crippen molar-refractivity contribution in [3.63, 3.8) is 0 Å². The molecule has 1 N–H and O–H groups in total. The maximum atomic E-state index is 12.2. The van der Waals surface area contributed by atoms with E-state index < -0.39 is 0 Å². The van der Waals surface area contributed by atoms with Crippen molar-refractivity contribution in [2.24, 2.45) is 5.92 Å². The minimum absolute atomic E-state index is 0.115.